The average Bonchev–Trinajstić information content (AvgIpc) is 2.45. The van der Waals surface area contributed by atoms with E-state index in [1.165, 1.54) is 0 Å². The predicted molar refractivity (Wildman–Crippen MR) is 54.1 cm³/mol. The molecule has 15 heavy (non-hydrogen) atoms. The third-order valence-corrected chi connectivity index (χ3v) is 2.72. The molecule has 1 fully saturated rings. The van der Waals surface area contributed by atoms with Crippen LogP contribution in [-0.4, -0.2) is 24.6 Å². The molecule has 1 heterocycles. The smallest absolute Gasteiger partial charge is 0.320 e. The second kappa shape index (κ2) is 5.26. The van der Waals surface area contributed by atoms with Gasteiger partial charge in [-0.2, -0.15) is 0 Å². The van der Waals surface area contributed by atoms with Gasteiger partial charge in [0.25, 0.3) is 0 Å². The van der Waals surface area contributed by atoms with Crippen molar-refractivity contribution in [2.24, 2.45) is 11.8 Å². The lowest BCUT2D eigenvalue weighted by molar-refractivity contribution is -0.154. The number of hydrogen-bond donors (Lipinski definition) is 0. The van der Waals surface area contributed by atoms with Crippen LogP contribution >= 0.6 is 0 Å². The first-order chi connectivity index (χ1) is 7.11. The Morgan fingerprint density at radius 1 is 1.33 bits per heavy atom. The summed E-state index contributed by atoms with van der Waals surface area (Å²) in [5.41, 5.74) is 0. The van der Waals surface area contributed by atoms with Crippen LogP contribution in [0.2, 0.25) is 0 Å². The Morgan fingerprint density at radius 3 is 2.40 bits per heavy atom. The van der Waals surface area contributed by atoms with E-state index in [2.05, 4.69) is 4.74 Å². The minimum absolute atomic E-state index is 0.195. The molecule has 0 spiro atoms. The Balaban J connectivity index is 2.66. The lowest BCUT2D eigenvalue weighted by Gasteiger charge is -2.21. The minimum Gasteiger partial charge on any atom is -0.393 e. The fraction of sp³-hybridized carbons (Fsp3) is 0.818. The standard InChI is InChI=1S/C11H18O4/c1-4-6-14-8(5-2)9-7(3)10(12)15-11(9)13/h7-9H,4-6H2,1-3H3. The van der Waals surface area contributed by atoms with Gasteiger partial charge in [-0.05, 0) is 12.8 Å². The van der Waals surface area contributed by atoms with Gasteiger partial charge in [0.15, 0.2) is 0 Å². The average molecular weight is 214 g/mol. The van der Waals surface area contributed by atoms with Crippen LogP contribution in [-0.2, 0) is 19.1 Å². The Hall–Kier alpha value is -0.900. The zero-order valence-electron chi connectivity index (χ0n) is 9.49. The number of carbonyl (C=O) groups is 2. The van der Waals surface area contributed by atoms with Crippen LogP contribution in [0.4, 0.5) is 0 Å². The number of rotatable bonds is 5. The van der Waals surface area contributed by atoms with Gasteiger partial charge in [-0.15, -0.1) is 0 Å². The van der Waals surface area contributed by atoms with Crippen LogP contribution in [0.15, 0.2) is 0 Å². The van der Waals surface area contributed by atoms with Gasteiger partial charge in [0, 0.05) is 6.61 Å². The molecule has 3 atom stereocenters. The van der Waals surface area contributed by atoms with Crippen molar-refractivity contribution in [2.75, 3.05) is 6.61 Å². The zero-order valence-corrected chi connectivity index (χ0v) is 9.49. The molecule has 1 aliphatic rings. The van der Waals surface area contributed by atoms with Gasteiger partial charge in [-0.3, -0.25) is 9.59 Å². The molecule has 0 aromatic heterocycles. The molecule has 0 N–H and O–H groups in total. The van der Waals surface area contributed by atoms with Gasteiger partial charge in [0.2, 0.25) is 0 Å². The maximum Gasteiger partial charge on any atom is 0.320 e. The van der Waals surface area contributed by atoms with Crippen LogP contribution in [0, 0.1) is 11.8 Å². The quantitative estimate of drug-likeness (QED) is 0.514. The first-order valence-electron chi connectivity index (χ1n) is 5.48. The number of esters is 2. The number of cyclic esters (lactones) is 2. The highest BCUT2D eigenvalue weighted by atomic mass is 16.6. The minimum atomic E-state index is -0.435. The molecule has 0 aliphatic carbocycles. The van der Waals surface area contributed by atoms with E-state index >= 15 is 0 Å². The molecule has 1 saturated heterocycles. The molecule has 0 radical (unpaired) electrons. The molecule has 3 unspecified atom stereocenters. The zero-order chi connectivity index (χ0) is 11.4. The highest BCUT2D eigenvalue weighted by Gasteiger charge is 2.45. The lowest BCUT2D eigenvalue weighted by atomic mass is 9.90. The fourth-order valence-electron chi connectivity index (χ4n) is 1.83. The Bertz CT molecular complexity index is 249. The van der Waals surface area contributed by atoms with E-state index in [0.29, 0.717) is 6.61 Å². The first-order valence-corrected chi connectivity index (χ1v) is 5.48. The molecule has 0 saturated carbocycles. The molecular weight excluding hydrogens is 196 g/mol. The summed E-state index contributed by atoms with van der Waals surface area (Å²) >= 11 is 0. The summed E-state index contributed by atoms with van der Waals surface area (Å²) in [6.45, 7) is 6.29. The van der Waals surface area contributed by atoms with Crippen molar-refractivity contribution in [3.05, 3.63) is 0 Å². The second-order valence-corrected chi connectivity index (χ2v) is 3.87. The van der Waals surface area contributed by atoms with Gasteiger partial charge in [-0.1, -0.05) is 20.8 Å². The summed E-state index contributed by atoms with van der Waals surface area (Å²) in [5, 5.41) is 0. The van der Waals surface area contributed by atoms with Crippen molar-refractivity contribution in [3.8, 4) is 0 Å². The van der Waals surface area contributed by atoms with Crippen molar-refractivity contribution < 1.29 is 19.1 Å². The normalized spacial score (nSPS) is 27.9. The van der Waals surface area contributed by atoms with Crippen molar-refractivity contribution in [2.45, 2.75) is 39.7 Å². The van der Waals surface area contributed by atoms with Gasteiger partial charge in [-0.25, -0.2) is 0 Å². The summed E-state index contributed by atoms with van der Waals surface area (Å²) < 4.78 is 10.2. The number of ether oxygens (including phenoxy) is 2. The molecule has 0 aromatic rings. The third-order valence-electron chi connectivity index (χ3n) is 2.72. The maximum atomic E-state index is 11.4. The molecular formula is C11H18O4. The fourth-order valence-corrected chi connectivity index (χ4v) is 1.83. The molecule has 4 nitrogen and oxygen atoms in total. The Labute approximate surface area is 89.9 Å². The van der Waals surface area contributed by atoms with E-state index in [9.17, 15) is 9.59 Å². The predicted octanol–water partition coefficient (Wildman–Crippen LogP) is 1.53. The summed E-state index contributed by atoms with van der Waals surface area (Å²) in [7, 11) is 0. The van der Waals surface area contributed by atoms with Crippen LogP contribution < -0.4 is 0 Å². The van der Waals surface area contributed by atoms with E-state index in [-0.39, 0.29) is 12.0 Å². The lowest BCUT2D eigenvalue weighted by Crippen LogP contribution is -2.31. The van der Waals surface area contributed by atoms with E-state index in [1.807, 2.05) is 13.8 Å². The van der Waals surface area contributed by atoms with E-state index in [0.717, 1.165) is 12.8 Å². The maximum absolute atomic E-state index is 11.4. The summed E-state index contributed by atoms with van der Waals surface area (Å²) in [6.07, 6.45) is 1.43. The SMILES string of the molecule is CCCOC(CC)C1C(=O)OC(=O)C1C. The van der Waals surface area contributed by atoms with Crippen LogP contribution in [0.25, 0.3) is 0 Å². The summed E-state index contributed by atoms with van der Waals surface area (Å²) in [6, 6.07) is 0. The van der Waals surface area contributed by atoms with Gasteiger partial charge < -0.3 is 9.47 Å². The van der Waals surface area contributed by atoms with Crippen molar-refractivity contribution in [3.63, 3.8) is 0 Å². The number of carbonyl (C=O) groups excluding carboxylic acids is 2. The topological polar surface area (TPSA) is 52.6 Å². The van der Waals surface area contributed by atoms with E-state index < -0.39 is 17.9 Å². The first kappa shape index (κ1) is 12.2. The molecule has 4 heteroatoms. The van der Waals surface area contributed by atoms with Crippen molar-refractivity contribution >= 4 is 11.9 Å². The van der Waals surface area contributed by atoms with Crippen molar-refractivity contribution in [1.82, 2.24) is 0 Å². The molecule has 0 amide bonds. The van der Waals surface area contributed by atoms with Gasteiger partial charge >= 0.3 is 11.9 Å². The molecule has 1 aliphatic heterocycles. The largest absolute Gasteiger partial charge is 0.393 e. The van der Waals surface area contributed by atoms with Gasteiger partial charge in [0.05, 0.1) is 17.9 Å². The van der Waals surface area contributed by atoms with Crippen LogP contribution in [0.3, 0.4) is 0 Å². The number of hydrogen-bond acceptors (Lipinski definition) is 4. The third kappa shape index (κ3) is 2.56. The monoisotopic (exact) mass is 214 g/mol. The second-order valence-electron chi connectivity index (χ2n) is 3.87. The van der Waals surface area contributed by atoms with E-state index in [1.54, 1.807) is 6.92 Å². The Morgan fingerprint density at radius 2 is 2.00 bits per heavy atom. The van der Waals surface area contributed by atoms with E-state index in [4.69, 9.17) is 4.74 Å². The van der Waals surface area contributed by atoms with Crippen molar-refractivity contribution in [1.29, 1.82) is 0 Å². The highest BCUT2D eigenvalue weighted by molar-refractivity contribution is 5.96. The molecule has 0 bridgehead atoms. The Kier molecular flexibility index (Phi) is 4.27. The molecule has 0 aromatic carbocycles. The van der Waals surface area contributed by atoms with Gasteiger partial charge in [0.1, 0.15) is 0 Å². The molecule has 1 rings (SSSR count). The summed E-state index contributed by atoms with van der Waals surface area (Å²) in [4.78, 5) is 22.6. The summed E-state index contributed by atoms with van der Waals surface area (Å²) in [5.74, 6) is -1.66. The van der Waals surface area contributed by atoms with Crippen LogP contribution in [0.5, 0.6) is 0 Å². The molecule has 86 valence electrons. The van der Waals surface area contributed by atoms with Crippen LogP contribution in [0.1, 0.15) is 33.6 Å². The highest BCUT2D eigenvalue weighted by Crippen LogP contribution is 2.29.